The number of likely N-dealkylation sites (tertiary alicyclic amines) is 1. The monoisotopic (exact) mass is 365 g/mol. The second-order valence-corrected chi connectivity index (χ2v) is 6.80. The average molecular weight is 365 g/mol. The van der Waals surface area contributed by atoms with Crippen LogP contribution in [0.5, 0.6) is 11.5 Å². The zero-order chi connectivity index (χ0) is 19.0. The highest BCUT2D eigenvalue weighted by atomic mass is 16.5. The van der Waals surface area contributed by atoms with Crippen molar-refractivity contribution in [1.82, 2.24) is 14.9 Å². The van der Waals surface area contributed by atoms with Gasteiger partial charge in [0.2, 0.25) is 0 Å². The molecule has 6 nitrogen and oxygen atoms in total. The lowest BCUT2D eigenvalue weighted by Crippen LogP contribution is -2.31. The number of hydrogen-bond acceptors (Lipinski definition) is 4. The van der Waals surface area contributed by atoms with Crippen LogP contribution >= 0.6 is 0 Å². The van der Waals surface area contributed by atoms with Crippen molar-refractivity contribution in [3.8, 4) is 11.5 Å². The molecule has 2 aromatic carbocycles. The molecule has 3 aromatic rings. The van der Waals surface area contributed by atoms with Gasteiger partial charge in [0.25, 0.3) is 5.91 Å². The Kier molecular flexibility index (Phi) is 4.48. The van der Waals surface area contributed by atoms with Crippen LogP contribution in [-0.2, 0) is 0 Å². The van der Waals surface area contributed by atoms with Gasteiger partial charge in [0, 0.05) is 17.7 Å². The highest BCUT2D eigenvalue weighted by molar-refractivity contribution is 5.96. The van der Waals surface area contributed by atoms with E-state index in [0.29, 0.717) is 23.6 Å². The molecule has 1 amide bonds. The number of imidazole rings is 1. The molecule has 0 spiro atoms. The number of H-pyrrole nitrogens is 1. The van der Waals surface area contributed by atoms with Gasteiger partial charge in [-0.15, -0.1) is 0 Å². The summed E-state index contributed by atoms with van der Waals surface area (Å²) in [4.78, 5) is 23.2. The fraction of sp³-hybridized carbons (Fsp3) is 0.333. The summed E-state index contributed by atoms with van der Waals surface area (Å²) in [5.41, 5.74) is 3.36. The molecule has 1 N–H and O–H groups in total. The first kappa shape index (κ1) is 17.4. The molecule has 1 aromatic heterocycles. The highest BCUT2D eigenvalue weighted by Gasteiger charge is 2.33. The first-order valence-electron chi connectivity index (χ1n) is 9.10. The second kappa shape index (κ2) is 6.95. The second-order valence-electron chi connectivity index (χ2n) is 6.80. The molecule has 140 valence electrons. The lowest BCUT2D eigenvalue weighted by molar-refractivity contribution is 0.0730. The Labute approximate surface area is 158 Å². The lowest BCUT2D eigenvalue weighted by Gasteiger charge is -2.24. The van der Waals surface area contributed by atoms with Gasteiger partial charge < -0.3 is 19.4 Å². The molecular weight excluding hydrogens is 342 g/mol. The zero-order valence-corrected chi connectivity index (χ0v) is 15.8. The van der Waals surface area contributed by atoms with Crippen LogP contribution in [0.3, 0.4) is 0 Å². The summed E-state index contributed by atoms with van der Waals surface area (Å²) in [5, 5.41) is 0. The zero-order valence-electron chi connectivity index (χ0n) is 15.8. The minimum absolute atomic E-state index is 0.0328. The third-order valence-corrected chi connectivity index (χ3v) is 5.24. The number of hydrogen-bond donors (Lipinski definition) is 1. The van der Waals surface area contributed by atoms with Crippen molar-refractivity contribution in [3.63, 3.8) is 0 Å². The van der Waals surface area contributed by atoms with Gasteiger partial charge in [0.15, 0.2) is 0 Å². The largest absolute Gasteiger partial charge is 0.496 e. The van der Waals surface area contributed by atoms with Crippen LogP contribution in [0.4, 0.5) is 0 Å². The summed E-state index contributed by atoms with van der Waals surface area (Å²) >= 11 is 0. The summed E-state index contributed by atoms with van der Waals surface area (Å²) in [6.07, 6.45) is 1.85. The van der Waals surface area contributed by atoms with Crippen molar-refractivity contribution in [2.45, 2.75) is 25.8 Å². The first-order chi connectivity index (χ1) is 13.1. The molecule has 6 heteroatoms. The van der Waals surface area contributed by atoms with E-state index >= 15 is 0 Å². The van der Waals surface area contributed by atoms with Gasteiger partial charge in [-0.25, -0.2) is 4.98 Å². The third-order valence-electron chi connectivity index (χ3n) is 5.24. The predicted molar refractivity (Wildman–Crippen MR) is 103 cm³/mol. The van der Waals surface area contributed by atoms with E-state index in [9.17, 15) is 4.79 Å². The lowest BCUT2D eigenvalue weighted by atomic mass is 10.1. The van der Waals surface area contributed by atoms with Gasteiger partial charge in [-0.1, -0.05) is 12.1 Å². The number of nitrogens with zero attached hydrogens (tertiary/aromatic N) is 2. The van der Waals surface area contributed by atoms with Crippen LogP contribution in [0.2, 0.25) is 0 Å². The van der Waals surface area contributed by atoms with Crippen molar-refractivity contribution < 1.29 is 14.3 Å². The standard InChI is InChI=1S/C21H23N3O3/c1-13-18(26-2)11-14(12-19(13)27-3)21(25)24-10-6-9-17(24)20-22-15-7-4-5-8-16(15)23-20/h4-5,7-8,11-12,17H,6,9-10H2,1-3H3,(H,22,23)/t17-/m1/s1. The highest BCUT2D eigenvalue weighted by Crippen LogP contribution is 2.35. The van der Waals surface area contributed by atoms with E-state index < -0.39 is 0 Å². The molecule has 0 aliphatic carbocycles. The Hall–Kier alpha value is -3.02. The maximum Gasteiger partial charge on any atom is 0.254 e. The summed E-state index contributed by atoms with van der Waals surface area (Å²) in [7, 11) is 3.20. The summed E-state index contributed by atoms with van der Waals surface area (Å²) in [6, 6.07) is 11.4. The van der Waals surface area contributed by atoms with E-state index in [1.807, 2.05) is 36.1 Å². The molecule has 1 saturated heterocycles. The summed E-state index contributed by atoms with van der Waals surface area (Å²) in [5.74, 6) is 2.11. The molecule has 0 radical (unpaired) electrons. The molecular formula is C21H23N3O3. The van der Waals surface area contributed by atoms with Crippen LogP contribution in [0, 0.1) is 6.92 Å². The smallest absolute Gasteiger partial charge is 0.254 e. The minimum Gasteiger partial charge on any atom is -0.496 e. The van der Waals surface area contributed by atoms with Crippen LogP contribution in [0.1, 0.15) is 40.6 Å². The predicted octanol–water partition coefficient (Wildman–Crippen LogP) is 3.87. The molecule has 27 heavy (non-hydrogen) atoms. The fourth-order valence-electron chi connectivity index (χ4n) is 3.80. The van der Waals surface area contributed by atoms with E-state index in [1.165, 1.54) is 0 Å². The number of aromatic nitrogens is 2. The van der Waals surface area contributed by atoms with Crippen molar-refractivity contribution in [3.05, 3.63) is 53.3 Å². The van der Waals surface area contributed by atoms with Crippen molar-refractivity contribution >= 4 is 16.9 Å². The van der Waals surface area contributed by atoms with Gasteiger partial charge in [-0.05, 0) is 44.0 Å². The fourth-order valence-corrected chi connectivity index (χ4v) is 3.80. The SMILES string of the molecule is COc1cc(C(=O)N2CCC[C@@H]2c2nc3ccccc3[nH]2)cc(OC)c1C. The Morgan fingerprint density at radius 1 is 1.19 bits per heavy atom. The topological polar surface area (TPSA) is 67.5 Å². The van der Waals surface area contributed by atoms with E-state index in [-0.39, 0.29) is 11.9 Å². The number of carbonyl (C=O) groups is 1. The number of nitrogens with one attached hydrogen (secondary N) is 1. The van der Waals surface area contributed by atoms with E-state index in [2.05, 4.69) is 4.98 Å². The molecule has 1 fully saturated rings. The number of benzene rings is 2. The molecule has 1 aliphatic rings. The molecule has 0 saturated carbocycles. The molecule has 0 unspecified atom stereocenters. The van der Waals surface area contributed by atoms with Crippen LogP contribution in [-0.4, -0.2) is 41.5 Å². The van der Waals surface area contributed by atoms with Crippen molar-refractivity contribution in [2.75, 3.05) is 20.8 Å². The first-order valence-corrected chi connectivity index (χ1v) is 9.10. The van der Waals surface area contributed by atoms with Crippen LogP contribution in [0.25, 0.3) is 11.0 Å². The van der Waals surface area contributed by atoms with E-state index in [1.54, 1.807) is 26.4 Å². The summed E-state index contributed by atoms with van der Waals surface area (Å²) in [6.45, 7) is 2.62. The normalized spacial score (nSPS) is 16.7. The summed E-state index contributed by atoms with van der Waals surface area (Å²) < 4.78 is 10.8. The minimum atomic E-state index is -0.0526. The number of rotatable bonds is 4. The number of ether oxygens (including phenoxy) is 2. The third kappa shape index (κ3) is 3.01. The number of amides is 1. The van der Waals surface area contributed by atoms with Crippen LogP contribution in [0.15, 0.2) is 36.4 Å². The van der Waals surface area contributed by atoms with Crippen molar-refractivity contribution in [1.29, 1.82) is 0 Å². The quantitative estimate of drug-likeness (QED) is 0.762. The number of methoxy groups -OCH3 is 2. The van der Waals surface area contributed by atoms with Gasteiger partial charge in [0.1, 0.15) is 17.3 Å². The Balaban J connectivity index is 1.68. The maximum atomic E-state index is 13.3. The number of fused-ring (bicyclic) bond motifs is 1. The molecule has 1 aliphatic heterocycles. The Morgan fingerprint density at radius 2 is 1.89 bits per heavy atom. The average Bonchev–Trinajstić information content (AvgIpc) is 3.34. The van der Waals surface area contributed by atoms with Gasteiger partial charge in [-0.3, -0.25) is 4.79 Å². The number of carbonyl (C=O) groups excluding carboxylic acids is 1. The number of para-hydroxylation sites is 2. The van der Waals surface area contributed by atoms with E-state index in [4.69, 9.17) is 14.5 Å². The molecule has 0 bridgehead atoms. The molecule has 1 atom stereocenters. The molecule has 4 rings (SSSR count). The maximum absolute atomic E-state index is 13.3. The van der Waals surface area contributed by atoms with E-state index in [0.717, 1.165) is 35.3 Å². The Morgan fingerprint density at radius 3 is 2.56 bits per heavy atom. The van der Waals surface area contributed by atoms with Crippen molar-refractivity contribution in [2.24, 2.45) is 0 Å². The van der Waals surface area contributed by atoms with Crippen LogP contribution < -0.4 is 9.47 Å². The Bertz CT molecular complexity index is 937. The van der Waals surface area contributed by atoms with Gasteiger partial charge in [-0.2, -0.15) is 0 Å². The molecule has 2 heterocycles. The van der Waals surface area contributed by atoms with Gasteiger partial charge in [0.05, 0.1) is 31.3 Å². The number of aromatic amines is 1. The van der Waals surface area contributed by atoms with Gasteiger partial charge >= 0.3 is 0 Å².